The largest absolute Gasteiger partial charge is 0.497 e. The minimum absolute atomic E-state index is 0.0447. The summed E-state index contributed by atoms with van der Waals surface area (Å²) in [5, 5.41) is 3.09. The third-order valence-corrected chi connectivity index (χ3v) is 5.15. The van der Waals surface area contributed by atoms with Crippen LogP contribution in [-0.2, 0) is 6.54 Å². The number of benzene rings is 2. The molecule has 1 heterocycles. The van der Waals surface area contributed by atoms with Crippen LogP contribution in [0.2, 0.25) is 0 Å². The van der Waals surface area contributed by atoms with Crippen molar-refractivity contribution >= 4 is 6.03 Å². The maximum absolute atomic E-state index is 12.7. The molecule has 0 radical (unpaired) electrons. The number of carbonyl (C=O) groups excluding carboxylic acids is 1. The summed E-state index contributed by atoms with van der Waals surface area (Å²) in [6, 6.07) is 15.8. The van der Waals surface area contributed by atoms with E-state index < -0.39 is 0 Å². The summed E-state index contributed by atoms with van der Waals surface area (Å²) in [7, 11) is 3.26. The summed E-state index contributed by atoms with van der Waals surface area (Å²) >= 11 is 0. The van der Waals surface area contributed by atoms with Crippen molar-refractivity contribution in [2.24, 2.45) is 0 Å². The third-order valence-electron chi connectivity index (χ3n) is 5.15. The van der Waals surface area contributed by atoms with Gasteiger partial charge in [0.15, 0.2) is 0 Å². The molecule has 1 atom stereocenters. The number of methoxy groups -OCH3 is 2. The van der Waals surface area contributed by atoms with Crippen molar-refractivity contribution in [3.8, 4) is 11.5 Å². The molecule has 0 saturated carbocycles. The Hall–Kier alpha value is -2.73. The smallest absolute Gasteiger partial charge is 0.317 e. The minimum Gasteiger partial charge on any atom is -0.497 e. The number of rotatable bonds is 6. The van der Waals surface area contributed by atoms with Gasteiger partial charge in [0.1, 0.15) is 11.5 Å². The number of amides is 2. The maximum atomic E-state index is 12.7. The fraction of sp³-hybridized carbons (Fsp3) is 0.409. The van der Waals surface area contributed by atoms with Crippen LogP contribution in [0.25, 0.3) is 0 Å². The second-order valence-electron chi connectivity index (χ2n) is 7.03. The summed E-state index contributed by atoms with van der Waals surface area (Å²) < 4.78 is 10.7. The Labute approximate surface area is 167 Å². The number of hydrogen-bond donors (Lipinski definition) is 1. The van der Waals surface area contributed by atoms with Crippen LogP contribution in [0.1, 0.15) is 24.1 Å². The monoisotopic (exact) mass is 383 g/mol. The van der Waals surface area contributed by atoms with E-state index in [1.165, 1.54) is 5.56 Å². The number of hydrogen-bond acceptors (Lipinski definition) is 4. The second-order valence-corrected chi connectivity index (χ2v) is 7.03. The first-order chi connectivity index (χ1) is 13.6. The van der Waals surface area contributed by atoms with Gasteiger partial charge in [0.05, 0.1) is 20.3 Å². The Balaban J connectivity index is 1.54. The van der Waals surface area contributed by atoms with Gasteiger partial charge in [-0.05, 0) is 30.7 Å². The summed E-state index contributed by atoms with van der Waals surface area (Å²) in [6.07, 6.45) is 0. The van der Waals surface area contributed by atoms with Crippen LogP contribution in [0.15, 0.2) is 48.5 Å². The first-order valence-electron chi connectivity index (χ1n) is 9.64. The van der Waals surface area contributed by atoms with E-state index >= 15 is 0 Å². The van der Waals surface area contributed by atoms with Gasteiger partial charge >= 0.3 is 6.03 Å². The van der Waals surface area contributed by atoms with E-state index in [1.54, 1.807) is 14.2 Å². The van der Waals surface area contributed by atoms with Crippen molar-refractivity contribution < 1.29 is 14.3 Å². The number of nitrogens with one attached hydrogen (secondary N) is 1. The van der Waals surface area contributed by atoms with Crippen molar-refractivity contribution in [2.75, 3.05) is 40.4 Å². The molecule has 6 nitrogen and oxygen atoms in total. The van der Waals surface area contributed by atoms with Crippen LogP contribution in [0.5, 0.6) is 11.5 Å². The van der Waals surface area contributed by atoms with Crippen LogP contribution < -0.4 is 14.8 Å². The van der Waals surface area contributed by atoms with Crippen LogP contribution >= 0.6 is 0 Å². The molecule has 28 heavy (non-hydrogen) atoms. The first-order valence-corrected chi connectivity index (χ1v) is 9.64. The molecule has 1 aliphatic rings. The molecular formula is C22H29N3O3. The maximum Gasteiger partial charge on any atom is 0.317 e. The highest BCUT2D eigenvalue weighted by atomic mass is 16.5. The topological polar surface area (TPSA) is 54.0 Å². The van der Waals surface area contributed by atoms with Crippen molar-refractivity contribution in [3.05, 3.63) is 59.7 Å². The zero-order valence-electron chi connectivity index (χ0n) is 16.9. The van der Waals surface area contributed by atoms with E-state index in [9.17, 15) is 4.79 Å². The summed E-state index contributed by atoms with van der Waals surface area (Å²) in [6.45, 7) is 6.08. The van der Waals surface area contributed by atoms with Gasteiger partial charge in [-0.2, -0.15) is 0 Å². The molecule has 6 heteroatoms. The van der Waals surface area contributed by atoms with Gasteiger partial charge in [-0.25, -0.2) is 4.79 Å². The van der Waals surface area contributed by atoms with E-state index in [-0.39, 0.29) is 12.1 Å². The van der Waals surface area contributed by atoms with Gasteiger partial charge in [0.25, 0.3) is 0 Å². The minimum atomic E-state index is -0.181. The number of carbonyl (C=O) groups is 1. The molecule has 2 aromatic carbocycles. The highest BCUT2D eigenvalue weighted by Gasteiger charge is 2.23. The Morgan fingerprint density at radius 3 is 2.39 bits per heavy atom. The van der Waals surface area contributed by atoms with E-state index in [0.29, 0.717) is 0 Å². The molecule has 0 bridgehead atoms. The lowest BCUT2D eigenvalue weighted by atomic mass is 10.1. The van der Waals surface area contributed by atoms with Gasteiger partial charge < -0.3 is 19.7 Å². The fourth-order valence-corrected chi connectivity index (χ4v) is 3.48. The van der Waals surface area contributed by atoms with Crippen molar-refractivity contribution in [3.63, 3.8) is 0 Å². The third kappa shape index (κ3) is 4.95. The SMILES string of the molecule is COc1ccc(OC)c(C(C)NC(=O)N2CCN(Cc3ccccc3)CC2)c1. The average molecular weight is 383 g/mol. The van der Waals surface area contributed by atoms with Crippen molar-refractivity contribution in [1.82, 2.24) is 15.1 Å². The predicted octanol–water partition coefficient (Wildman–Crippen LogP) is 3.29. The van der Waals surface area contributed by atoms with Crippen LogP contribution in [0.4, 0.5) is 4.79 Å². The summed E-state index contributed by atoms with van der Waals surface area (Å²) in [5.74, 6) is 1.48. The molecule has 1 N–H and O–H groups in total. The lowest BCUT2D eigenvalue weighted by Gasteiger charge is -2.35. The Morgan fingerprint density at radius 2 is 1.75 bits per heavy atom. The van der Waals surface area contributed by atoms with Crippen molar-refractivity contribution in [2.45, 2.75) is 19.5 Å². The van der Waals surface area contributed by atoms with Crippen LogP contribution in [0, 0.1) is 0 Å². The summed E-state index contributed by atoms with van der Waals surface area (Å²) in [4.78, 5) is 17.0. The van der Waals surface area contributed by atoms with Gasteiger partial charge in [-0.1, -0.05) is 30.3 Å². The molecule has 1 unspecified atom stereocenters. The lowest BCUT2D eigenvalue weighted by Crippen LogP contribution is -2.51. The molecule has 1 fully saturated rings. The highest BCUT2D eigenvalue weighted by Crippen LogP contribution is 2.29. The molecular weight excluding hydrogens is 354 g/mol. The molecule has 0 spiro atoms. The molecule has 1 saturated heterocycles. The van der Waals surface area contributed by atoms with Crippen LogP contribution in [0.3, 0.4) is 0 Å². The molecule has 0 aromatic heterocycles. The van der Waals surface area contributed by atoms with Crippen LogP contribution in [-0.4, -0.2) is 56.2 Å². The van der Waals surface area contributed by atoms with Gasteiger partial charge in [0.2, 0.25) is 0 Å². The van der Waals surface area contributed by atoms with E-state index in [0.717, 1.165) is 49.8 Å². The van der Waals surface area contributed by atoms with Gasteiger partial charge in [-0.15, -0.1) is 0 Å². The Morgan fingerprint density at radius 1 is 1.04 bits per heavy atom. The lowest BCUT2D eigenvalue weighted by molar-refractivity contribution is 0.133. The van der Waals surface area contributed by atoms with E-state index in [4.69, 9.17) is 9.47 Å². The molecule has 150 valence electrons. The number of ether oxygens (including phenoxy) is 2. The number of nitrogens with zero attached hydrogens (tertiary/aromatic N) is 2. The zero-order valence-corrected chi connectivity index (χ0v) is 16.9. The molecule has 2 amide bonds. The van der Waals surface area contributed by atoms with Gasteiger partial charge in [0, 0.05) is 38.3 Å². The van der Waals surface area contributed by atoms with E-state index in [1.807, 2.05) is 36.1 Å². The number of urea groups is 1. The molecule has 2 aromatic rings. The molecule has 0 aliphatic carbocycles. The quantitative estimate of drug-likeness (QED) is 0.832. The Bertz CT molecular complexity index is 774. The number of piperazine rings is 1. The standard InChI is InChI=1S/C22H29N3O3/c1-17(20-15-19(27-2)9-10-21(20)28-3)23-22(26)25-13-11-24(12-14-25)16-18-7-5-4-6-8-18/h4-10,15,17H,11-14,16H2,1-3H3,(H,23,26). The zero-order chi connectivity index (χ0) is 19.9. The predicted molar refractivity (Wildman–Crippen MR) is 110 cm³/mol. The van der Waals surface area contributed by atoms with Gasteiger partial charge in [-0.3, -0.25) is 4.90 Å². The normalized spacial score (nSPS) is 15.8. The second kappa shape index (κ2) is 9.46. The fourth-order valence-electron chi connectivity index (χ4n) is 3.48. The Kier molecular flexibility index (Phi) is 6.76. The average Bonchev–Trinajstić information content (AvgIpc) is 2.74. The molecule has 3 rings (SSSR count). The first kappa shape index (κ1) is 20.0. The highest BCUT2D eigenvalue weighted by molar-refractivity contribution is 5.75. The van der Waals surface area contributed by atoms with E-state index in [2.05, 4.69) is 34.5 Å². The summed E-state index contributed by atoms with van der Waals surface area (Å²) in [5.41, 5.74) is 2.21. The molecule has 1 aliphatic heterocycles. The van der Waals surface area contributed by atoms with Crippen molar-refractivity contribution in [1.29, 1.82) is 0 Å².